The first-order valence-electron chi connectivity index (χ1n) is 18.9. The van der Waals surface area contributed by atoms with Crippen LogP contribution in [0.5, 0.6) is 11.5 Å². The molecule has 0 fully saturated rings. The van der Waals surface area contributed by atoms with Gasteiger partial charge in [0, 0.05) is 0 Å². The third-order valence-electron chi connectivity index (χ3n) is 9.27. The van der Waals surface area contributed by atoms with Gasteiger partial charge in [-0.2, -0.15) is 0 Å². The molecule has 46 heavy (non-hydrogen) atoms. The highest BCUT2D eigenvalue weighted by Crippen LogP contribution is 2.38. The van der Waals surface area contributed by atoms with Crippen LogP contribution in [0.4, 0.5) is 0 Å². The van der Waals surface area contributed by atoms with E-state index in [1.165, 1.54) is 116 Å². The molecule has 0 bridgehead atoms. The van der Waals surface area contributed by atoms with Crippen LogP contribution in [-0.4, -0.2) is 18.3 Å². The lowest BCUT2D eigenvalue weighted by Crippen LogP contribution is -2.28. The second-order valence-corrected chi connectivity index (χ2v) is 13.2. The van der Waals surface area contributed by atoms with E-state index >= 15 is 0 Å². The molecule has 0 atom stereocenters. The Labute approximate surface area is 282 Å². The molecule has 0 aliphatic carbocycles. The molecule has 1 N–H and O–H groups in total. The minimum Gasteiger partial charge on any atom is -0.494 e. The number of ether oxygens (including phenoxy) is 2. The van der Waals surface area contributed by atoms with Gasteiger partial charge in [0.05, 0.1) is 13.2 Å². The zero-order valence-electron chi connectivity index (χ0n) is 29.3. The van der Waals surface area contributed by atoms with Gasteiger partial charge in [-0.15, -0.1) is 0 Å². The summed E-state index contributed by atoms with van der Waals surface area (Å²) in [6.45, 7) is 6.02. The Kier molecular flexibility index (Phi) is 19.3. The Morgan fingerprint density at radius 3 is 1.04 bits per heavy atom. The van der Waals surface area contributed by atoms with Crippen molar-refractivity contribution in [1.82, 2.24) is 0 Å². The molecule has 3 heteroatoms. The number of unbranched alkanes of at least 4 members (excludes halogenated alkanes) is 18. The molecular weight excluding hydrogens is 564 g/mol. The van der Waals surface area contributed by atoms with Crippen molar-refractivity contribution in [2.24, 2.45) is 0 Å². The van der Waals surface area contributed by atoms with Crippen molar-refractivity contribution in [3.05, 3.63) is 95.6 Å². The van der Waals surface area contributed by atoms with Gasteiger partial charge in [-0.1, -0.05) is 184 Å². The lowest BCUT2D eigenvalue weighted by atomic mass is 9.80. The van der Waals surface area contributed by atoms with Crippen LogP contribution in [0.2, 0.25) is 0 Å². The highest BCUT2D eigenvalue weighted by molar-refractivity contribution is 5.49. The fraction of sp³-hybridized carbons (Fsp3) is 0.581. The van der Waals surface area contributed by atoms with Gasteiger partial charge in [-0.3, -0.25) is 0 Å². The van der Waals surface area contributed by atoms with Crippen LogP contribution in [0.1, 0.15) is 159 Å². The molecule has 0 radical (unpaired) electrons. The van der Waals surface area contributed by atoms with Crippen molar-refractivity contribution in [2.45, 2.75) is 148 Å². The van der Waals surface area contributed by atoms with Gasteiger partial charge in [0.2, 0.25) is 0 Å². The van der Waals surface area contributed by atoms with E-state index in [1.807, 2.05) is 78.9 Å². The van der Waals surface area contributed by atoms with Crippen molar-refractivity contribution >= 4 is 0 Å². The van der Waals surface area contributed by atoms with Gasteiger partial charge in [-0.05, 0) is 53.8 Å². The first kappa shape index (κ1) is 37.7. The summed E-state index contributed by atoms with van der Waals surface area (Å²) in [6, 6.07) is 25.9. The second-order valence-electron chi connectivity index (χ2n) is 13.2. The molecule has 0 spiro atoms. The van der Waals surface area contributed by atoms with E-state index in [-0.39, 0.29) is 0 Å². The quantitative estimate of drug-likeness (QED) is 0.0674. The second kappa shape index (κ2) is 23.5. The van der Waals surface area contributed by atoms with Gasteiger partial charge in [0.15, 0.2) is 0 Å². The summed E-state index contributed by atoms with van der Waals surface area (Å²) < 4.78 is 12.1. The zero-order chi connectivity index (χ0) is 32.5. The monoisotopic (exact) mass is 628 g/mol. The normalized spacial score (nSPS) is 11.5. The fourth-order valence-corrected chi connectivity index (χ4v) is 6.32. The Morgan fingerprint density at radius 2 is 0.696 bits per heavy atom. The molecule has 0 aliphatic rings. The van der Waals surface area contributed by atoms with Crippen molar-refractivity contribution in [2.75, 3.05) is 13.2 Å². The molecule has 3 nitrogen and oxygen atoms in total. The first-order chi connectivity index (χ1) is 22.7. The molecular formula is C43H64O3. The largest absolute Gasteiger partial charge is 0.494 e. The van der Waals surface area contributed by atoms with Crippen LogP contribution in [-0.2, 0) is 5.60 Å². The minimum atomic E-state index is -1.27. The van der Waals surface area contributed by atoms with Crippen molar-refractivity contribution in [3.63, 3.8) is 0 Å². The maximum atomic E-state index is 12.3. The summed E-state index contributed by atoms with van der Waals surface area (Å²) in [4.78, 5) is 0. The van der Waals surface area contributed by atoms with E-state index in [0.29, 0.717) is 0 Å². The van der Waals surface area contributed by atoms with Crippen molar-refractivity contribution in [1.29, 1.82) is 0 Å². The van der Waals surface area contributed by atoms with Gasteiger partial charge < -0.3 is 14.6 Å². The Hall–Kier alpha value is -2.78. The maximum Gasteiger partial charge on any atom is 0.140 e. The molecule has 0 saturated heterocycles. The van der Waals surface area contributed by atoms with Crippen LogP contribution in [0.3, 0.4) is 0 Å². The van der Waals surface area contributed by atoms with Gasteiger partial charge in [-0.25, -0.2) is 0 Å². The van der Waals surface area contributed by atoms with Crippen molar-refractivity contribution in [3.8, 4) is 11.5 Å². The third-order valence-corrected chi connectivity index (χ3v) is 9.27. The zero-order valence-corrected chi connectivity index (χ0v) is 29.3. The van der Waals surface area contributed by atoms with Crippen LogP contribution in [0.25, 0.3) is 0 Å². The Balaban J connectivity index is 1.45. The molecule has 0 heterocycles. The van der Waals surface area contributed by atoms with Gasteiger partial charge in [0.1, 0.15) is 17.1 Å². The third kappa shape index (κ3) is 13.9. The lowest BCUT2D eigenvalue weighted by Gasteiger charge is -2.30. The highest BCUT2D eigenvalue weighted by Gasteiger charge is 2.33. The molecule has 3 rings (SSSR count). The standard InChI is InChI=1S/C43H64O3/c1-3-5-7-9-11-13-15-17-19-24-36-45-41-32-28-39(29-33-41)43(44,38-26-22-21-23-27-38)40-30-34-42(35-31-40)46-37-25-20-18-16-14-12-10-8-6-4-2/h21-23,26-35,44H,3-20,24-25,36-37H2,1-2H3. The van der Waals surface area contributed by atoms with Crippen molar-refractivity contribution < 1.29 is 14.6 Å². The summed E-state index contributed by atoms with van der Waals surface area (Å²) in [5.41, 5.74) is 1.21. The summed E-state index contributed by atoms with van der Waals surface area (Å²) >= 11 is 0. The van der Waals surface area contributed by atoms with Gasteiger partial charge in [0.25, 0.3) is 0 Å². The molecule has 0 unspecified atom stereocenters. The summed E-state index contributed by atoms with van der Waals surface area (Å²) in [5, 5.41) is 12.3. The van der Waals surface area contributed by atoms with E-state index in [1.54, 1.807) is 0 Å². The molecule has 0 aliphatic heterocycles. The molecule has 3 aromatic carbocycles. The number of benzene rings is 3. The summed E-state index contributed by atoms with van der Waals surface area (Å²) in [5.74, 6) is 1.71. The van der Waals surface area contributed by atoms with E-state index in [9.17, 15) is 5.11 Å². The fourth-order valence-electron chi connectivity index (χ4n) is 6.32. The first-order valence-corrected chi connectivity index (χ1v) is 18.9. The van der Waals surface area contributed by atoms with E-state index in [2.05, 4.69) is 13.8 Å². The maximum absolute atomic E-state index is 12.3. The molecule has 3 aromatic rings. The number of aliphatic hydroxyl groups is 1. The lowest BCUT2D eigenvalue weighted by molar-refractivity contribution is 0.125. The average molecular weight is 629 g/mol. The topological polar surface area (TPSA) is 38.7 Å². The predicted molar refractivity (Wildman–Crippen MR) is 196 cm³/mol. The minimum absolute atomic E-state index is 0.736. The van der Waals surface area contributed by atoms with Crippen LogP contribution in [0.15, 0.2) is 78.9 Å². The van der Waals surface area contributed by atoms with Gasteiger partial charge >= 0.3 is 0 Å². The Bertz CT molecular complexity index is 1050. The molecule has 0 amide bonds. The van der Waals surface area contributed by atoms with Crippen LogP contribution < -0.4 is 9.47 Å². The molecule has 254 valence electrons. The summed E-state index contributed by atoms with van der Waals surface area (Å²) in [7, 11) is 0. The average Bonchev–Trinajstić information content (AvgIpc) is 3.10. The predicted octanol–water partition coefficient (Wildman–Crippen LogP) is 12.6. The highest BCUT2D eigenvalue weighted by atomic mass is 16.5. The SMILES string of the molecule is CCCCCCCCCCCCOc1ccc(C(O)(c2ccccc2)c2ccc(OCCCCCCCCCCCC)cc2)cc1. The summed E-state index contributed by atoms with van der Waals surface area (Å²) in [6.07, 6.45) is 26.4. The number of hydrogen-bond acceptors (Lipinski definition) is 3. The van der Waals surface area contributed by atoms with Crippen LogP contribution in [0, 0.1) is 0 Å². The Morgan fingerprint density at radius 1 is 0.391 bits per heavy atom. The molecule has 0 saturated carbocycles. The van der Waals surface area contributed by atoms with E-state index in [0.717, 1.165) is 54.2 Å². The molecule has 0 aromatic heterocycles. The smallest absolute Gasteiger partial charge is 0.140 e. The number of rotatable bonds is 27. The van der Waals surface area contributed by atoms with E-state index < -0.39 is 5.60 Å². The van der Waals surface area contributed by atoms with E-state index in [4.69, 9.17) is 9.47 Å². The number of hydrogen-bond donors (Lipinski definition) is 1. The van der Waals surface area contributed by atoms with Crippen LogP contribution >= 0.6 is 0 Å².